The van der Waals surface area contributed by atoms with Crippen LogP contribution in [0.3, 0.4) is 0 Å². The Bertz CT molecular complexity index is 3860. The van der Waals surface area contributed by atoms with Crippen LogP contribution in [0, 0.1) is 6.92 Å². The number of nitrogens with zero attached hydrogens (tertiary/aromatic N) is 2. The Morgan fingerprint density at radius 3 is 1.84 bits per heavy atom. The fourth-order valence-corrected chi connectivity index (χ4v) is 14.6. The Morgan fingerprint density at radius 2 is 1.10 bits per heavy atom. The fraction of sp³-hybridized carbons (Fsp3) is 0.270. The van der Waals surface area contributed by atoms with Gasteiger partial charge in [0.05, 0.1) is 11.4 Å². The van der Waals surface area contributed by atoms with Crippen LogP contribution in [0.5, 0.6) is 0 Å². The summed E-state index contributed by atoms with van der Waals surface area (Å²) in [5.41, 5.74) is 19.2. The van der Waals surface area contributed by atoms with E-state index in [9.17, 15) is 0 Å². The molecule has 0 saturated heterocycles. The first-order valence-electron chi connectivity index (χ1n) is 25.0. The van der Waals surface area contributed by atoms with Crippen molar-refractivity contribution in [3.05, 3.63) is 161 Å². The van der Waals surface area contributed by atoms with E-state index in [4.69, 9.17) is 4.42 Å². The van der Waals surface area contributed by atoms with Crippen LogP contribution in [0.4, 0.5) is 28.4 Å². The molecule has 0 atom stereocenters. The molecule has 8 aromatic carbocycles. The van der Waals surface area contributed by atoms with Crippen LogP contribution < -0.4 is 20.8 Å². The minimum atomic E-state index is -0.271. The van der Waals surface area contributed by atoms with Crippen molar-refractivity contribution < 1.29 is 4.42 Å². The van der Waals surface area contributed by atoms with Crippen LogP contribution in [-0.2, 0) is 21.7 Å². The second kappa shape index (κ2) is 13.5. The zero-order valence-corrected chi connectivity index (χ0v) is 41.6. The summed E-state index contributed by atoms with van der Waals surface area (Å²) in [6.45, 7) is 21.7. The smallest absolute Gasteiger partial charge is 0.375 e. The molecule has 3 nitrogen and oxygen atoms in total. The molecule has 5 heteroatoms. The average Bonchev–Trinajstić information content (AvgIpc) is 3.90. The number of hydrogen-bond donors (Lipinski definition) is 0. The van der Waals surface area contributed by atoms with Crippen molar-refractivity contribution in [3.8, 4) is 11.1 Å². The van der Waals surface area contributed by atoms with E-state index in [1.165, 1.54) is 126 Å². The van der Waals surface area contributed by atoms with Gasteiger partial charge in [-0.25, -0.2) is 0 Å². The lowest BCUT2D eigenvalue weighted by Crippen LogP contribution is -2.61. The summed E-state index contributed by atoms with van der Waals surface area (Å²) in [5, 5.41) is 8.81. The molecule has 4 heterocycles. The molecule has 0 fully saturated rings. The van der Waals surface area contributed by atoms with Gasteiger partial charge in [0.2, 0.25) is 0 Å². The van der Waals surface area contributed by atoms with Gasteiger partial charge in [-0.05, 0) is 158 Å². The topological polar surface area (TPSA) is 19.6 Å². The number of aryl methyl sites for hydroxylation is 1. The number of thiophene rings is 1. The van der Waals surface area contributed by atoms with Crippen LogP contribution in [0.2, 0.25) is 0 Å². The first-order chi connectivity index (χ1) is 32.6. The summed E-state index contributed by atoms with van der Waals surface area (Å²) in [5.74, 6) is 0. The minimum absolute atomic E-state index is 0.0182. The Morgan fingerprint density at radius 1 is 0.500 bits per heavy atom. The van der Waals surface area contributed by atoms with E-state index in [0.717, 1.165) is 30.5 Å². The zero-order valence-electron chi connectivity index (χ0n) is 40.8. The Labute approximate surface area is 404 Å². The van der Waals surface area contributed by atoms with Crippen LogP contribution in [0.25, 0.3) is 63.8 Å². The molecular formula is C63H57BN2OS. The molecule has 2 aromatic heterocycles. The first-order valence-corrected chi connectivity index (χ1v) is 25.8. The summed E-state index contributed by atoms with van der Waals surface area (Å²) in [7, 11) is 0. The summed E-state index contributed by atoms with van der Waals surface area (Å²) >= 11 is 1.89. The van der Waals surface area contributed by atoms with Crippen LogP contribution >= 0.6 is 11.3 Å². The summed E-state index contributed by atoms with van der Waals surface area (Å²) < 4.78 is 10.4. The molecule has 0 spiro atoms. The third-order valence-electron chi connectivity index (χ3n) is 17.4. The summed E-state index contributed by atoms with van der Waals surface area (Å²) in [6, 6.07) is 51.6. The maximum Gasteiger partial charge on any atom is 0.375 e. The van der Waals surface area contributed by atoms with Crippen molar-refractivity contribution in [2.24, 2.45) is 0 Å². The van der Waals surface area contributed by atoms with E-state index in [0.29, 0.717) is 0 Å². The number of fused-ring (bicyclic) bond motifs is 15. The SMILES string of the molecule is Cc1cc2c(cc1N1c3c4c(cc5ccccc35)-c3c(ccc5ccccc35)N(c3cccc5sc6ccccc6c35)B4c3oc4cc5c(cc4c31)C(C)(C)CCC5(C)C)C(C)(C)CCC2(C)C. The fourth-order valence-electron chi connectivity index (χ4n) is 13.4. The summed E-state index contributed by atoms with van der Waals surface area (Å²) in [6.07, 6.45) is 4.62. The van der Waals surface area contributed by atoms with Gasteiger partial charge in [0.25, 0.3) is 0 Å². The highest BCUT2D eigenvalue weighted by molar-refractivity contribution is 7.26. The van der Waals surface area contributed by atoms with Crippen molar-refractivity contribution in [1.82, 2.24) is 0 Å². The highest BCUT2D eigenvalue weighted by Gasteiger charge is 2.51. The Kier molecular flexibility index (Phi) is 8.08. The number of furan rings is 1. The molecule has 2 aliphatic heterocycles. The quantitative estimate of drug-likeness (QED) is 0.161. The van der Waals surface area contributed by atoms with E-state index >= 15 is 0 Å². The Hall–Kier alpha value is -6.30. The van der Waals surface area contributed by atoms with Gasteiger partial charge in [-0.15, -0.1) is 11.3 Å². The van der Waals surface area contributed by atoms with Gasteiger partial charge < -0.3 is 14.1 Å². The monoisotopic (exact) mass is 900 g/mol. The maximum absolute atomic E-state index is 7.81. The molecule has 0 radical (unpaired) electrons. The van der Waals surface area contributed by atoms with E-state index in [2.05, 4.69) is 205 Å². The van der Waals surface area contributed by atoms with Crippen molar-refractivity contribution in [3.63, 3.8) is 0 Å². The van der Waals surface area contributed by atoms with Crippen LogP contribution in [0.1, 0.15) is 109 Å². The van der Waals surface area contributed by atoms with Gasteiger partial charge in [0, 0.05) is 53.6 Å². The predicted molar refractivity (Wildman–Crippen MR) is 293 cm³/mol. The van der Waals surface area contributed by atoms with E-state index in [-0.39, 0.29) is 28.5 Å². The Balaban J connectivity index is 1.19. The summed E-state index contributed by atoms with van der Waals surface area (Å²) in [4.78, 5) is 5.40. The first kappa shape index (κ1) is 40.7. The third kappa shape index (κ3) is 5.37. The highest BCUT2D eigenvalue weighted by Crippen LogP contribution is 2.57. The van der Waals surface area contributed by atoms with E-state index in [1.807, 2.05) is 11.3 Å². The van der Waals surface area contributed by atoms with Crippen molar-refractivity contribution >= 4 is 110 Å². The van der Waals surface area contributed by atoms with Crippen molar-refractivity contribution in [1.29, 1.82) is 0 Å². The molecule has 0 unspecified atom stereocenters. The van der Waals surface area contributed by atoms with Gasteiger partial charge in [0.1, 0.15) is 11.2 Å². The lowest BCUT2D eigenvalue weighted by molar-refractivity contribution is 0.332. The standard InChI is InChI=1S/C63H57BN2OS/c1-36-31-44-46(62(6,7)29-27-60(44,2)3)34-50(36)65-57-40-20-13-11-18-38(40)32-43-54-39-19-12-10-17-37(39)25-26-49(54)66(48-22-16-24-53-55(48)41-21-14-15-23-52(41)68-53)64(56(43)57)59-58(65)42-33-45-47(35-51(42)67-59)63(8,9)30-28-61(45,4)5/h10-26,31-35H,27-30H2,1-9H3. The zero-order chi connectivity index (χ0) is 46.4. The molecule has 68 heavy (non-hydrogen) atoms. The number of rotatable bonds is 2. The maximum atomic E-state index is 7.81. The molecule has 10 aromatic rings. The molecule has 0 amide bonds. The normalized spacial score (nSPS) is 18.2. The second-order valence-corrected chi connectivity index (χ2v) is 24.5. The molecule has 0 N–H and O–H groups in total. The van der Waals surface area contributed by atoms with Gasteiger partial charge in [-0.1, -0.05) is 140 Å². The molecule has 0 saturated carbocycles. The lowest BCUT2D eigenvalue weighted by atomic mass is 9.45. The second-order valence-electron chi connectivity index (χ2n) is 23.4. The largest absolute Gasteiger partial charge is 0.466 e. The highest BCUT2D eigenvalue weighted by atomic mass is 32.1. The van der Waals surface area contributed by atoms with Crippen LogP contribution in [0.15, 0.2) is 138 Å². The third-order valence-corrected chi connectivity index (χ3v) is 18.6. The van der Waals surface area contributed by atoms with Gasteiger partial charge in [0.15, 0.2) is 0 Å². The number of anilines is 5. The molecule has 0 bridgehead atoms. The van der Waals surface area contributed by atoms with Crippen LogP contribution in [-0.4, -0.2) is 6.85 Å². The molecule has 2 aliphatic carbocycles. The predicted octanol–water partition coefficient (Wildman–Crippen LogP) is 16.8. The molecule has 14 rings (SSSR count). The molecular weight excluding hydrogens is 844 g/mol. The average molecular weight is 901 g/mol. The van der Waals surface area contributed by atoms with Gasteiger partial charge in [-0.3, -0.25) is 0 Å². The molecule has 4 aliphatic rings. The van der Waals surface area contributed by atoms with E-state index < -0.39 is 0 Å². The number of hydrogen-bond acceptors (Lipinski definition) is 4. The van der Waals surface area contributed by atoms with Crippen molar-refractivity contribution in [2.75, 3.05) is 9.71 Å². The van der Waals surface area contributed by atoms with E-state index in [1.54, 1.807) is 0 Å². The molecule has 334 valence electrons. The minimum Gasteiger partial charge on any atom is -0.466 e. The van der Waals surface area contributed by atoms with Gasteiger partial charge >= 0.3 is 6.85 Å². The number of benzene rings is 8. The van der Waals surface area contributed by atoms with Gasteiger partial charge in [-0.2, -0.15) is 0 Å². The lowest BCUT2D eigenvalue weighted by Gasteiger charge is -2.46. The van der Waals surface area contributed by atoms with Crippen molar-refractivity contribution in [2.45, 2.75) is 110 Å².